The Bertz CT molecular complexity index is 1080. The highest BCUT2D eigenvalue weighted by atomic mass is 32.2. The average molecular weight is 406 g/mol. The second-order valence-electron chi connectivity index (χ2n) is 5.92. The van der Waals surface area contributed by atoms with Crippen molar-refractivity contribution < 1.29 is 9.53 Å². The van der Waals surface area contributed by atoms with E-state index in [1.165, 1.54) is 23.1 Å². The maximum absolute atomic E-state index is 12.5. The zero-order valence-corrected chi connectivity index (χ0v) is 16.2. The maximum atomic E-state index is 12.5. The van der Waals surface area contributed by atoms with Crippen molar-refractivity contribution in [1.29, 1.82) is 5.26 Å². The van der Waals surface area contributed by atoms with Gasteiger partial charge < -0.3 is 4.74 Å². The van der Waals surface area contributed by atoms with Crippen LogP contribution in [-0.2, 0) is 10.5 Å². The van der Waals surface area contributed by atoms with Crippen LogP contribution in [-0.4, -0.2) is 22.7 Å². The molecule has 1 aromatic heterocycles. The first kappa shape index (κ1) is 18.2. The number of hydrogen-bond donors (Lipinski definition) is 1. The van der Waals surface area contributed by atoms with Crippen LogP contribution in [0.5, 0.6) is 5.75 Å². The molecule has 0 unspecified atom stereocenters. The van der Waals surface area contributed by atoms with Crippen molar-refractivity contribution in [2.24, 2.45) is 0 Å². The van der Waals surface area contributed by atoms with Crippen LogP contribution >= 0.6 is 23.1 Å². The van der Waals surface area contributed by atoms with Gasteiger partial charge in [-0.05, 0) is 29.8 Å². The molecule has 1 N–H and O–H groups in total. The van der Waals surface area contributed by atoms with Crippen LogP contribution in [0.15, 0.2) is 58.4 Å². The molecule has 28 heavy (non-hydrogen) atoms. The van der Waals surface area contributed by atoms with Crippen LogP contribution in [0.4, 0.5) is 5.13 Å². The van der Waals surface area contributed by atoms with Gasteiger partial charge in [0.1, 0.15) is 12.4 Å². The smallest absolute Gasteiger partial charge is 0.256 e. The standard InChI is InChI=1S/C20H14N4O2S2/c21-10-13-5-7-14(8-6-13)12-27-20-24-23-19(28-20)22-18(25)16-9-15-3-1-2-4-17(15)26-11-16/h1-9H,11-12H2,(H,22,23,25). The van der Waals surface area contributed by atoms with Crippen LogP contribution in [0.2, 0.25) is 0 Å². The van der Waals surface area contributed by atoms with Gasteiger partial charge in [-0.3, -0.25) is 10.1 Å². The maximum Gasteiger partial charge on any atom is 0.256 e. The topological polar surface area (TPSA) is 87.9 Å². The molecule has 0 atom stereocenters. The number of nitrogens with zero attached hydrogens (tertiary/aromatic N) is 3. The Morgan fingerprint density at radius 2 is 2.04 bits per heavy atom. The number of anilines is 1. The Hall–Kier alpha value is -3.15. The normalized spacial score (nSPS) is 12.3. The largest absolute Gasteiger partial charge is 0.488 e. The SMILES string of the molecule is N#Cc1ccc(CSc2nnc(NC(=O)C3=Cc4ccccc4OC3)s2)cc1. The molecule has 4 rings (SSSR count). The summed E-state index contributed by atoms with van der Waals surface area (Å²) in [6.45, 7) is 0.224. The third-order valence-electron chi connectivity index (χ3n) is 4.00. The zero-order valence-electron chi connectivity index (χ0n) is 14.6. The summed E-state index contributed by atoms with van der Waals surface area (Å²) >= 11 is 2.86. The van der Waals surface area contributed by atoms with Gasteiger partial charge in [-0.1, -0.05) is 53.4 Å². The number of fused-ring (bicyclic) bond motifs is 1. The van der Waals surface area contributed by atoms with Gasteiger partial charge in [0.2, 0.25) is 5.13 Å². The van der Waals surface area contributed by atoms with Gasteiger partial charge in [-0.15, -0.1) is 10.2 Å². The molecule has 8 heteroatoms. The lowest BCUT2D eigenvalue weighted by Gasteiger charge is -2.16. The van der Waals surface area contributed by atoms with E-state index in [-0.39, 0.29) is 12.5 Å². The predicted octanol–water partition coefficient (Wildman–Crippen LogP) is 4.12. The van der Waals surface area contributed by atoms with Crippen LogP contribution in [0.3, 0.4) is 0 Å². The summed E-state index contributed by atoms with van der Waals surface area (Å²) < 4.78 is 6.38. The van der Waals surface area contributed by atoms with Gasteiger partial charge in [-0.25, -0.2) is 0 Å². The fourth-order valence-corrected chi connectivity index (χ4v) is 4.27. The van der Waals surface area contributed by atoms with E-state index >= 15 is 0 Å². The summed E-state index contributed by atoms with van der Waals surface area (Å²) in [5.41, 5.74) is 3.15. The van der Waals surface area contributed by atoms with Gasteiger partial charge in [0.25, 0.3) is 5.91 Å². The number of benzene rings is 2. The van der Waals surface area contributed by atoms with Gasteiger partial charge in [0.15, 0.2) is 4.34 Å². The molecule has 2 heterocycles. The molecule has 1 aliphatic rings. The zero-order chi connectivity index (χ0) is 19.3. The van der Waals surface area contributed by atoms with E-state index in [1.807, 2.05) is 42.5 Å². The van der Waals surface area contributed by atoms with Crippen molar-refractivity contribution in [2.75, 3.05) is 11.9 Å². The number of carbonyl (C=O) groups is 1. The minimum absolute atomic E-state index is 0.224. The molecule has 138 valence electrons. The first-order valence-electron chi connectivity index (χ1n) is 8.40. The number of nitriles is 1. The third kappa shape index (κ3) is 4.22. The van der Waals surface area contributed by atoms with Gasteiger partial charge in [-0.2, -0.15) is 5.26 Å². The molecule has 2 aromatic carbocycles. The fourth-order valence-electron chi connectivity index (χ4n) is 2.56. The van der Waals surface area contributed by atoms with Crippen molar-refractivity contribution in [2.45, 2.75) is 10.1 Å². The lowest BCUT2D eigenvalue weighted by molar-refractivity contribution is -0.113. The quantitative estimate of drug-likeness (QED) is 0.507. The number of rotatable bonds is 5. The summed E-state index contributed by atoms with van der Waals surface area (Å²) in [6.07, 6.45) is 1.83. The number of nitrogens with one attached hydrogen (secondary N) is 1. The second kappa shape index (κ2) is 8.25. The molecule has 1 aliphatic heterocycles. The number of thioether (sulfide) groups is 1. The predicted molar refractivity (Wildman–Crippen MR) is 109 cm³/mol. The first-order chi connectivity index (χ1) is 13.7. The highest BCUT2D eigenvalue weighted by Crippen LogP contribution is 2.30. The van der Waals surface area contributed by atoms with E-state index in [4.69, 9.17) is 10.00 Å². The molecule has 0 fully saturated rings. The van der Waals surface area contributed by atoms with Gasteiger partial charge in [0.05, 0.1) is 17.2 Å². The number of ether oxygens (including phenoxy) is 1. The molecule has 1 amide bonds. The highest BCUT2D eigenvalue weighted by molar-refractivity contribution is 8.00. The van der Waals surface area contributed by atoms with Crippen LogP contribution < -0.4 is 10.1 Å². The van der Waals surface area contributed by atoms with Crippen LogP contribution in [0.25, 0.3) is 6.08 Å². The van der Waals surface area contributed by atoms with E-state index in [0.29, 0.717) is 22.0 Å². The molecular weight excluding hydrogens is 392 g/mol. The van der Waals surface area contributed by atoms with Crippen LogP contribution in [0, 0.1) is 11.3 Å². The Morgan fingerprint density at radius 1 is 1.21 bits per heavy atom. The molecular formula is C20H14N4O2S2. The lowest BCUT2D eigenvalue weighted by atomic mass is 10.1. The summed E-state index contributed by atoms with van der Waals surface area (Å²) in [7, 11) is 0. The molecule has 0 bridgehead atoms. The molecule has 0 saturated carbocycles. The summed E-state index contributed by atoms with van der Waals surface area (Å²) in [5, 5.41) is 20.2. The summed E-state index contributed by atoms with van der Waals surface area (Å²) in [6, 6.07) is 17.1. The van der Waals surface area contributed by atoms with Crippen molar-refractivity contribution >= 4 is 40.2 Å². The number of carbonyl (C=O) groups excluding carboxylic acids is 1. The molecule has 0 saturated heterocycles. The number of hydrogen-bond acceptors (Lipinski definition) is 7. The third-order valence-corrected chi connectivity index (χ3v) is 6.04. The fraction of sp³-hybridized carbons (Fsp3) is 0.100. The lowest BCUT2D eigenvalue weighted by Crippen LogP contribution is -2.21. The van der Waals surface area contributed by atoms with E-state index in [9.17, 15) is 4.79 Å². The van der Waals surface area contributed by atoms with E-state index in [1.54, 1.807) is 12.1 Å². The van der Waals surface area contributed by atoms with Crippen molar-refractivity contribution in [1.82, 2.24) is 10.2 Å². The van der Waals surface area contributed by atoms with Crippen molar-refractivity contribution in [3.8, 4) is 11.8 Å². The second-order valence-corrected chi connectivity index (χ2v) is 8.12. The molecule has 6 nitrogen and oxygen atoms in total. The first-order valence-corrected chi connectivity index (χ1v) is 10.2. The number of amides is 1. The van der Waals surface area contributed by atoms with E-state index in [0.717, 1.165) is 21.2 Å². The van der Waals surface area contributed by atoms with Crippen molar-refractivity contribution in [3.05, 3.63) is 70.8 Å². The van der Waals surface area contributed by atoms with Crippen molar-refractivity contribution in [3.63, 3.8) is 0 Å². The van der Waals surface area contributed by atoms with Gasteiger partial charge >= 0.3 is 0 Å². The Morgan fingerprint density at radius 3 is 2.86 bits per heavy atom. The van der Waals surface area contributed by atoms with Gasteiger partial charge in [0, 0.05) is 11.3 Å². The molecule has 0 spiro atoms. The van der Waals surface area contributed by atoms with Crippen LogP contribution in [0.1, 0.15) is 16.7 Å². The number of aromatic nitrogens is 2. The summed E-state index contributed by atoms with van der Waals surface area (Å²) in [5.74, 6) is 1.25. The number of para-hydroxylation sites is 1. The Kier molecular flexibility index (Phi) is 5.37. The van der Waals surface area contributed by atoms with E-state index < -0.39 is 0 Å². The summed E-state index contributed by atoms with van der Waals surface area (Å²) in [4.78, 5) is 12.5. The Labute approximate surface area is 169 Å². The monoisotopic (exact) mass is 406 g/mol. The highest BCUT2D eigenvalue weighted by Gasteiger charge is 2.18. The average Bonchev–Trinajstić information content (AvgIpc) is 3.19. The molecule has 0 aliphatic carbocycles. The molecule has 3 aromatic rings. The minimum Gasteiger partial charge on any atom is -0.488 e. The van der Waals surface area contributed by atoms with E-state index in [2.05, 4.69) is 21.6 Å². The Balaban J connectivity index is 1.36. The molecule has 0 radical (unpaired) electrons. The minimum atomic E-state index is -0.241.